The van der Waals surface area contributed by atoms with Gasteiger partial charge in [0.2, 0.25) is 0 Å². The molecule has 6 heteroatoms. The van der Waals surface area contributed by atoms with E-state index in [4.69, 9.17) is 0 Å². The fraction of sp³-hybridized carbons (Fsp3) is 0.600. The van der Waals surface area contributed by atoms with Crippen molar-refractivity contribution in [3.05, 3.63) is 46.8 Å². The van der Waals surface area contributed by atoms with Gasteiger partial charge in [0.05, 0.1) is 0 Å². The number of piperidine rings is 1. The van der Waals surface area contributed by atoms with Crippen LogP contribution in [0.5, 0.6) is 0 Å². The first-order chi connectivity index (χ1) is 12.5. The van der Waals surface area contributed by atoms with Gasteiger partial charge in [-0.3, -0.25) is 4.79 Å². The molecule has 0 unspecified atom stereocenters. The van der Waals surface area contributed by atoms with E-state index in [1.807, 2.05) is 0 Å². The second-order valence-corrected chi connectivity index (χ2v) is 7.71. The van der Waals surface area contributed by atoms with Crippen LogP contribution in [0.4, 0.5) is 5.82 Å². The first-order valence-corrected chi connectivity index (χ1v) is 9.68. The summed E-state index contributed by atoms with van der Waals surface area (Å²) in [5.41, 5.74) is 1.31. The van der Waals surface area contributed by atoms with E-state index in [-0.39, 0.29) is 5.56 Å². The summed E-state index contributed by atoms with van der Waals surface area (Å²) in [5, 5.41) is 3.69. The Hall–Kier alpha value is -2.08. The number of aryl methyl sites for hydroxylation is 2. The Labute approximate surface area is 155 Å². The Morgan fingerprint density at radius 2 is 2.19 bits per heavy atom. The summed E-state index contributed by atoms with van der Waals surface area (Å²) in [6, 6.07) is 4.70. The number of nitrogens with zero attached hydrogens (tertiary/aromatic N) is 4. The second kappa shape index (κ2) is 8.54. The third kappa shape index (κ3) is 4.55. The van der Waals surface area contributed by atoms with E-state index in [2.05, 4.69) is 51.9 Å². The molecule has 1 saturated heterocycles. The predicted molar refractivity (Wildman–Crippen MR) is 105 cm³/mol. The summed E-state index contributed by atoms with van der Waals surface area (Å²) >= 11 is 0. The van der Waals surface area contributed by atoms with Crippen molar-refractivity contribution >= 4 is 5.82 Å². The van der Waals surface area contributed by atoms with Gasteiger partial charge in [0.25, 0.3) is 5.56 Å². The molecular formula is C20H31N5O. The van der Waals surface area contributed by atoms with E-state index in [9.17, 15) is 4.79 Å². The van der Waals surface area contributed by atoms with Gasteiger partial charge in [0, 0.05) is 63.6 Å². The van der Waals surface area contributed by atoms with E-state index in [0.29, 0.717) is 17.8 Å². The van der Waals surface area contributed by atoms with E-state index >= 15 is 0 Å². The quantitative estimate of drug-likeness (QED) is 0.827. The number of hydrogen-bond acceptors (Lipinski definition) is 4. The first-order valence-electron chi connectivity index (χ1n) is 9.68. The van der Waals surface area contributed by atoms with Gasteiger partial charge in [-0.15, -0.1) is 0 Å². The Bertz CT molecular complexity index is 764. The molecule has 3 rings (SSSR count). The van der Waals surface area contributed by atoms with Crippen molar-refractivity contribution in [1.82, 2.24) is 19.4 Å². The molecule has 0 radical (unpaired) electrons. The highest BCUT2D eigenvalue weighted by Crippen LogP contribution is 2.15. The molecule has 0 aromatic carbocycles. The topological polar surface area (TPSA) is 55.1 Å². The van der Waals surface area contributed by atoms with Crippen molar-refractivity contribution in [3.8, 4) is 0 Å². The maximum Gasteiger partial charge on any atom is 0.293 e. The molecule has 0 aliphatic carbocycles. The molecule has 0 bridgehead atoms. The second-order valence-electron chi connectivity index (χ2n) is 7.71. The fourth-order valence-corrected chi connectivity index (χ4v) is 3.51. The van der Waals surface area contributed by atoms with Gasteiger partial charge in [-0.25, -0.2) is 4.98 Å². The zero-order chi connectivity index (χ0) is 18.5. The van der Waals surface area contributed by atoms with Crippen LogP contribution in [-0.2, 0) is 20.1 Å². The van der Waals surface area contributed by atoms with Crippen LogP contribution in [-0.4, -0.2) is 33.2 Å². The smallest absolute Gasteiger partial charge is 0.293 e. The summed E-state index contributed by atoms with van der Waals surface area (Å²) in [6.07, 6.45) is 8.99. The molecule has 1 atom stereocenters. The minimum absolute atomic E-state index is 0.0179. The van der Waals surface area contributed by atoms with Crippen molar-refractivity contribution in [2.45, 2.75) is 52.2 Å². The van der Waals surface area contributed by atoms with Gasteiger partial charge in [-0.2, -0.15) is 0 Å². The molecular weight excluding hydrogens is 326 g/mol. The Kier molecular flexibility index (Phi) is 6.14. The average molecular weight is 358 g/mol. The zero-order valence-electron chi connectivity index (χ0n) is 16.2. The highest BCUT2D eigenvalue weighted by atomic mass is 16.1. The molecule has 6 nitrogen and oxygen atoms in total. The lowest BCUT2D eigenvalue weighted by molar-refractivity contribution is 0.410. The lowest BCUT2D eigenvalue weighted by Crippen LogP contribution is -2.47. The molecule has 2 aromatic rings. The minimum atomic E-state index is -0.0179. The first kappa shape index (κ1) is 18.7. The van der Waals surface area contributed by atoms with Gasteiger partial charge in [0.15, 0.2) is 5.82 Å². The fourth-order valence-electron chi connectivity index (χ4n) is 3.51. The summed E-state index contributed by atoms with van der Waals surface area (Å²) in [6.45, 7) is 8.19. The van der Waals surface area contributed by atoms with Crippen molar-refractivity contribution in [2.75, 3.05) is 18.0 Å². The van der Waals surface area contributed by atoms with E-state index in [1.54, 1.807) is 24.0 Å². The van der Waals surface area contributed by atoms with Crippen LogP contribution in [0, 0.1) is 5.92 Å². The summed E-state index contributed by atoms with van der Waals surface area (Å²) in [4.78, 5) is 18.8. The number of aromatic nitrogens is 3. The SMILES string of the molecule is CC(C)CCn1cccc1CN[C@H]1CCCN(c2nccn(C)c2=O)C1. The number of anilines is 1. The predicted octanol–water partition coefficient (Wildman–Crippen LogP) is 2.39. The zero-order valence-corrected chi connectivity index (χ0v) is 16.2. The molecule has 142 valence electrons. The van der Waals surface area contributed by atoms with Crippen molar-refractivity contribution in [1.29, 1.82) is 0 Å². The molecule has 1 aliphatic heterocycles. The van der Waals surface area contributed by atoms with Crippen LogP contribution >= 0.6 is 0 Å². The average Bonchev–Trinajstić information content (AvgIpc) is 3.08. The molecule has 3 heterocycles. The van der Waals surface area contributed by atoms with Gasteiger partial charge in [-0.1, -0.05) is 13.8 Å². The molecule has 0 spiro atoms. The normalized spacial score (nSPS) is 17.8. The molecule has 1 N–H and O–H groups in total. The van der Waals surface area contributed by atoms with Crippen LogP contribution in [0.1, 0.15) is 38.8 Å². The van der Waals surface area contributed by atoms with Gasteiger partial charge >= 0.3 is 0 Å². The van der Waals surface area contributed by atoms with Crippen LogP contribution in [0.25, 0.3) is 0 Å². The summed E-state index contributed by atoms with van der Waals surface area (Å²) in [7, 11) is 1.78. The van der Waals surface area contributed by atoms with Crippen LogP contribution < -0.4 is 15.8 Å². The monoisotopic (exact) mass is 357 g/mol. The molecule has 1 aliphatic rings. The maximum atomic E-state index is 12.3. The van der Waals surface area contributed by atoms with Gasteiger partial charge < -0.3 is 19.4 Å². The Balaban J connectivity index is 1.59. The van der Waals surface area contributed by atoms with E-state index in [0.717, 1.165) is 39.0 Å². The minimum Gasteiger partial charge on any atom is -0.350 e. The number of nitrogens with one attached hydrogen (secondary N) is 1. The Morgan fingerprint density at radius 3 is 3.00 bits per heavy atom. The van der Waals surface area contributed by atoms with Crippen molar-refractivity contribution in [3.63, 3.8) is 0 Å². The lowest BCUT2D eigenvalue weighted by atomic mass is 10.1. The third-order valence-corrected chi connectivity index (χ3v) is 5.16. The van der Waals surface area contributed by atoms with Gasteiger partial charge in [0.1, 0.15) is 0 Å². The number of rotatable bonds is 7. The largest absolute Gasteiger partial charge is 0.350 e. The number of hydrogen-bond donors (Lipinski definition) is 1. The van der Waals surface area contributed by atoms with Crippen LogP contribution in [0.3, 0.4) is 0 Å². The summed E-state index contributed by atoms with van der Waals surface area (Å²) < 4.78 is 3.95. The standard InChI is InChI=1S/C20H31N5O/c1-16(2)8-12-24-10-5-7-18(24)14-22-17-6-4-11-25(15-17)19-20(26)23(3)13-9-21-19/h5,7,9-10,13,16-17,22H,4,6,8,11-12,14-15H2,1-3H3/t17-/m0/s1. The van der Waals surface area contributed by atoms with Crippen molar-refractivity contribution in [2.24, 2.45) is 13.0 Å². The lowest BCUT2D eigenvalue weighted by Gasteiger charge is -2.33. The highest BCUT2D eigenvalue weighted by Gasteiger charge is 2.22. The van der Waals surface area contributed by atoms with E-state index < -0.39 is 0 Å². The summed E-state index contributed by atoms with van der Waals surface area (Å²) in [5.74, 6) is 1.29. The maximum absolute atomic E-state index is 12.3. The van der Waals surface area contributed by atoms with Crippen molar-refractivity contribution < 1.29 is 0 Å². The van der Waals surface area contributed by atoms with Crippen LogP contribution in [0.2, 0.25) is 0 Å². The highest BCUT2D eigenvalue weighted by molar-refractivity contribution is 5.36. The Morgan fingerprint density at radius 1 is 1.35 bits per heavy atom. The molecule has 0 amide bonds. The van der Waals surface area contributed by atoms with Crippen LogP contribution in [0.15, 0.2) is 35.5 Å². The molecule has 1 fully saturated rings. The molecule has 2 aromatic heterocycles. The molecule has 0 saturated carbocycles. The molecule has 26 heavy (non-hydrogen) atoms. The third-order valence-electron chi connectivity index (χ3n) is 5.16. The van der Waals surface area contributed by atoms with E-state index in [1.165, 1.54) is 12.1 Å². The van der Waals surface area contributed by atoms with Gasteiger partial charge in [-0.05, 0) is 37.3 Å².